The second-order valence-corrected chi connectivity index (χ2v) is 9.62. The summed E-state index contributed by atoms with van der Waals surface area (Å²) in [5.41, 5.74) is 2.41. The van der Waals surface area contributed by atoms with Crippen LogP contribution in [-0.4, -0.2) is 20.3 Å². The quantitative estimate of drug-likeness (QED) is 0.354. The van der Waals surface area contributed by atoms with E-state index in [1.165, 1.54) is 0 Å². The van der Waals surface area contributed by atoms with Crippen LogP contribution in [0.5, 0.6) is 0 Å². The summed E-state index contributed by atoms with van der Waals surface area (Å²) in [7, 11) is -8.05. The van der Waals surface area contributed by atoms with Gasteiger partial charge in [-0.2, -0.15) is 0 Å². The second kappa shape index (κ2) is 5.35. The van der Waals surface area contributed by atoms with E-state index < -0.39 is 15.1 Å². The molecule has 2 heterocycles. The fourth-order valence-electron chi connectivity index (χ4n) is 2.62. The average molecular weight is 409 g/mol. The average Bonchev–Trinajstić information content (AvgIpc) is 2.81. The number of hydrogen-bond donors (Lipinski definition) is 0. The summed E-state index contributed by atoms with van der Waals surface area (Å²) >= 11 is 1.06. The molecule has 0 amide bonds. The van der Waals surface area contributed by atoms with Crippen molar-refractivity contribution < 1.29 is 19.4 Å². The van der Waals surface area contributed by atoms with Crippen LogP contribution in [0, 0.1) is 6.92 Å². The number of hydrogen-bond acceptors (Lipinski definition) is 3. The molecule has 0 saturated carbocycles. The van der Waals surface area contributed by atoms with Gasteiger partial charge in [-0.3, -0.25) is 0 Å². The molecule has 0 aliphatic carbocycles. The standard InChI is InChI=1S/C16H16F5N3S2/c1-4-25-14-8-11(26(17,18,19,20)21)5-6-12(14)15-23-13-7-10(2)9-22-16(13)24(15)3/h5-9H,4H2,1-3H3. The first-order chi connectivity index (χ1) is 11.8. The summed E-state index contributed by atoms with van der Waals surface area (Å²) < 4.78 is 67.4. The van der Waals surface area contributed by atoms with Crippen molar-refractivity contribution in [3.05, 3.63) is 36.0 Å². The lowest BCUT2D eigenvalue weighted by Crippen LogP contribution is -2.06. The van der Waals surface area contributed by atoms with Crippen molar-refractivity contribution in [3.8, 4) is 11.4 Å². The van der Waals surface area contributed by atoms with Crippen LogP contribution in [0.2, 0.25) is 0 Å². The van der Waals surface area contributed by atoms with Gasteiger partial charge in [0, 0.05) is 23.7 Å². The van der Waals surface area contributed by atoms with E-state index in [-0.39, 0.29) is 4.90 Å². The number of thioether (sulfide) groups is 1. The van der Waals surface area contributed by atoms with Crippen LogP contribution in [0.25, 0.3) is 22.6 Å². The lowest BCUT2D eigenvalue weighted by molar-refractivity contribution is 0.363. The minimum Gasteiger partial charge on any atom is -0.312 e. The largest absolute Gasteiger partial charge is 0.312 e. The van der Waals surface area contributed by atoms with Gasteiger partial charge in [0.15, 0.2) is 5.65 Å². The van der Waals surface area contributed by atoms with Gasteiger partial charge in [-0.1, -0.05) is 26.4 Å². The highest BCUT2D eigenvalue weighted by atomic mass is 32.5. The predicted octanol–water partition coefficient (Wildman–Crippen LogP) is 6.71. The minimum absolute atomic E-state index is 0.105. The van der Waals surface area contributed by atoms with Crippen molar-refractivity contribution in [2.75, 3.05) is 5.75 Å². The maximum absolute atomic E-state index is 13.2. The summed E-state index contributed by atoms with van der Waals surface area (Å²) in [6.45, 7) is 3.59. The van der Waals surface area contributed by atoms with Crippen molar-refractivity contribution in [2.24, 2.45) is 7.05 Å². The summed E-state index contributed by atoms with van der Waals surface area (Å²) in [4.78, 5) is 6.93. The molecule has 0 radical (unpaired) electrons. The Morgan fingerprint density at radius 3 is 2.42 bits per heavy atom. The van der Waals surface area contributed by atoms with Crippen LogP contribution in [0.4, 0.5) is 19.4 Å². The summed E-state index contributed by atoms with van der Waals surface area (Å²) in [6.07, 6.45) is 1.66. The highest BCUT2D eigenvalue weighted by molar-refractivity contribution is 8.45. The maximum Gasteiger partial charge on any atom is 0.310 e. The third-order valence-corrected chi connectivity index (χ3v) is 5.87. The summed E-state index contributed by atoms with van der Waals surface area (Å²) in [6, 6.07) is 3.80. The first kappa shape index (κ1) is 19.0. The molecule has 0 aliphatic heterocycles. The number of pyridine rings is 1. The van der Waals surface area contributed by atoms with E-state index in [0.29, 0.717) is 40.4 Å². The van der Waals surface area contributed by atoms with Gasteiger partial charge >= 0.3 is 10.2 Å². The Morgan fingerprint density at radius 1 is 1.12 bits per heavy atom. The van der Waals surface area contributed by atoms with Gasteiger partial charge in [0.1, 0.15) is 16.2 Å². The molecule has 26 heavy (non-hydrogen) atoms. The van der Waals surface area contributed by atoms with Crippen molar-refractivity contribution in [1.29, 1.82) is 0 Å². The van der Waals surface area contributed by atoms with E-state index in [9.17, 15) is 19.4 Å². The van der Waals surface area contributed by atoms with Crippen LogP contribution >= 0.6 is 22.0 Å². The Labute approximate surface area is 151 Å². The lowest BCUT2D eigenvalue weighted by atomic mass is 10.2. The van der Waals surface area contributed by atoms with Crippen molar-refractivity contribution in [2.45, 2.75) is 23.6 Å². The first-order valence-electron chi connectivity index (χ1n) is 7.60. The number of rotatable bonds is 4. The molecule has 0 aliphatic rings. The highest BCUT2D eigenvalue weighted by Crippen LogP contribution is 3.02. The van der Waals surface area contributed by atoms with E-state index in [1.807, 2.05) is 13.0 Å². The minimum atomic E-state index is -9.74. The zero-order chi connectivity index (χ0) is 19.4. The smallest absolute Gasteiger partial charge is 0.310 e. The Kier molecular flexibility index (Phi) is 3.90. The zero-order valence-corrected chi connectivity index (χ0v) is 15.8. The molecule has 0 unspecified atom stereocenters. The van der Waals surface area contributed by atoms with Crippen LogP contribution in [0.1, 0.15) is 12.5 Å². The Bertz CT molecular complexity index is 1010. The van der Waals surface area contributed by atoms with E-state index >= 15 is 0 Å². The SMILES string of the molecule is CCSc1cc(S(F)(F)(F)(F)F)ccc1-c1nc2cc(C)cnc2n1C. The maximum atomic E-state index is 13.2. The van der Waals surface area contributed by atoms with Crippen molar-refractivity contribution in [1.82, 2.24) is 14.5 Å². The number of fused-ring (bicyclic) bond motifs is 1. The van der Waals surface area contributed by atoms with Gasteiger partial charge in [0.25, 0.3) is 0 Å². The summed E-state index contributed by atoms with van der Waals surface area (Å²) in [5.74, 6) is 0.806. The molecule has 0 saturated heterocycles. The zero-order valence-electron chi connectivity index (χ0n) is 14.1. The monoisotopic (exact) mass is 409 g/mol. The molecule has 1 aromatic carbocycles. The Morgan fingerprint density at radius 2 is 1.81 bits per heavy atom. The molecule has 10 heteroatoms. The van der Waals surface area contributed by atoms with Crippen molar-refractivity contribution in [3.63, 3.8) is 0 Å². The molecule has 2 aromatic heterocycles. The molecule has 3 nitrogen and oxygen atoms in total. The fourth-order valence-corrected chi connectivity index (χ4v) is 4.20. The number of aryl methyl sites for hydroxylation is 2. The summed E-state index contributed by atoms with van der Waals surface area (Å²) in [5, 5.41) is 0. The number of imidazole rings is 1. The molecule has 0 bridgehead atoms. The van der Waals surface area contributed by atoms with Gasteiger partial charge in [-0.05, 0) is 42.5 Å². The third kappa shape index (κ3) is 3.52. The van der Waals surface area contributed by atoms with Gasteiger partial charge in [0.2, 0.25) is 0 Å². The van der Waals surface area contributed by atoms with E-state index in [4.69, 9.17) is 0 Å². The topological polar surface area (TPSA) is 30.7 Å². The van der Waals surface area contributed by atoms with Crippen LogP contribution in [-0.2, 0) is 7.05 Å². The van der Waals surface area contributed by atoms with Gasteiger partial charge in [-0.25, -0.2) is 9.97 Å². The molecule has 0 spiro atoms. The second-order valence-electron chi connectivity index (χ2n) is 5.91. The molecule has 3 rings (SSSR count). The number of nitrogens with zero attached hydrogens (tertiary/aromatic N) is 3. The van der Waals surface area contributed by atoms with E-state index in [2.05, 4.69) is 9.97 Å². The molecule has 142 valence electrons. The predicted molar refractivity (Wildman–Crippen MR) is 96.5 cm³/mol. The van der Waals surface area contributed by atoms with Crippen LogP contribution in [0.15, 0.2) is 40.3 Å². The third-order valence-electron chi connectivity index (χ3n) is 3.78. The Balaban J connectivity index is 2.24. The molecule has 0 N–H and O–H groups in total. The van der Waals surface area contributed by atoms with E-state index in [0.717, 1.165) is 23.4 Å². The molecule has 3 aromatic rings. The van der Waals surface area contributed by atoms with Crippen LogP contribution in [0.3, 0.4) is 0 Å². The normalized spacial score (nSPS) is 15.1. The molecular weight excluding hydrogens is 393 g/mol. The number of halogens is 5. The number of benzene rings is 1. The van der Waals surface area contributed by atoms with Crippen LogP contribution < -0.4 is 0 Å². The molecular formula is C16H16F5N3S2. The van der Waals surface area contributed by atoms with Gasteiger partial charge < -0.3 is 4.57 Å². The Hall–Kier alpha value is -1.81. The van der Waals surface area contributed by atoms with E-state index in [1.54, 1.807) is 24.7 Å². The number of aromatic nitrogens is 3. The highest BCUT2D eigenvalue weighted by Gasteiger charge is 2.65. The first-order valence-corrected chi connectivity index (χ1v) is 10.5. The lowest BCUT2D eigenvalue weighted by Gasteiger charge is -2.40. The molecule has 0 atom stereocenters. The fraction of sp³-hybridized carbons (Fsp3) is 0.250. The molecule has 0 fully saturated rings. The van der Waals surface area contributed by atoms with Gasteiger partial charge in [0.05, 0.1) is 0 Å². The van der Waals surface area contributed by atoms with Crippen molar-refractivity contribution >= 4 is 33.1 Å². The van der Waals surface area contributed by atoms with Gasteiger partial charge in [-0.15, -0.1) is 11.8 Å².